The van der Waals surface area contributed by atoms with Gasteiger partial charge < -0.3 is 14.9 Å². The Kier molecular flexibility index (Phi) is 5.44. The van der Waals surface area contributed by atoms with E-state index in [1.165, 1.54) is 6.07 Å². The first kappa shape index (κ1) is 20.6. The van der Waals surface area contributed by atoms with E-state index in [9.17, 15) is 18.3 Å². The van der Waals surface area contributed by atoms with E-state index in [1.807, 2.05) is 19.1 Å². The maximum absolute atomic E-state index is 13.1. The number of carbonyl (C=O) groups is 1. The van der Waals surface area contributed by atoms with Crippen molar-refractivity contribution < 1.29 is 18.3 Å². The van der Waals surface area contributed by atoms with E-state index in [0.29, 0.717) is 13.0 Å². The highest BCUT2D eigenvalue weighted by atomic mass is 32.2. The molecule has 1 fully saturated rings. The lowest BCUT2D eigenvalue weighted by atomic mass is 10.1. The molecule has 2 aliphatic heterocycles. The summed E-state index contributed by atoms with van der Waals surface area (Å²) in [7, 11) is -3.76. The molecule has 1 unspecified atom stereocenters. The number of hydrogen-bond donors (Lipinski definition) is 2. The first-order chi connectivity index (χ1) is 14.2. The second-order valence-electron chi connectivity index (χ2n) is 7.93. The van der Waals surface area contributed by atoms with Crippen LogP contribution >= 0.6 is 0 Å². The van der Waals surface area contributed by atoms with Crippen molar-refractivity contribution in [1.29, 1.82) is 0 Å². The summed E-state index contributed by atoms with van der Waals surface area (Å²) in [5.74, 6) is 0.266. The summed E-state index contributed by atoms with van der Waals surface area (Å²) in [5, 5.41) is 14.7. The Hall–Kier alpha value is -2.62. The summed E-state index contributed by atoms with van der Waals surface area (Å²) in [6, 6.07) is 11.8. The van der Waals surface area contributed by atoms with Crippen LogP contribution in [-0.2, 0) is 21.2 Å². The van der Waals surface area contributed by atoms with Gasteiger partial charge in [-0.3, -0.25) is 9.69 Å². The highest BCUT2D eigenvalue weighted by Crippen LogP contribution is 2.34. The Morgan fingerprint density at radius 2 is 1.77 bits per heavy atom. The molecule has 1 amide bonds. The number of phenols is 1. The molecule has 2 heterocycles. The number of anilines is 2. The predicted octanol–water partition coefficient (Wildman–Crippen LogP) is 1.14. The van der Waals surface area contributed by atoms with Crippen LogP contribution < -0.4 is 14.9 Å². The number of nitrogens with two attached hydrogens (primary N) is 1. The molecule has 9 heteroatoms. The van der Waals surface area contributed by atoms with Crippen LogP contribution in [0.5, 0.6) is 5.75 Å². The number of hydrogen-bond acceptors (Lipinski definition) is 6. The molecule has 0 bridgehead atoms. The average Bonchev–Trinajstić information content (AvgIpc) is 3.03. The van der Waals surface area contributed by atoms with E-state index in [2.05, 4.69) is 9.80 Å². The molecule has 30 heavy (non-hydrogen) atoms. The number of amides is 1. The van der Waals surface area contributed by atoms with Gasteiger partial charge in [-0.2, -0.15) is 0 Å². The van der Waals surface area contributed by atoms with Crippen molar-refractivity contribution in [3.8, 4) is 5.75 Å². The van der Waals surface area contributed by atoms with E-state index in [-0.39, 0.29) is 22.6 Å². The van der Waals surface area contributed by atoms with Crippen LogP contribution in [0.3, 0.4) is 0 Å². The minimum Gasteiger partial charge on any atom is -0.508 e. The van der Waals surface area contributed by atoms with E-state index in [1.54, 1.807) is 29.2 Å². The summed E-state index contributed by atoms with van der Waals surface area (Å²) >= 11 is 0. The molecule has 3 N–H and O–H groups in total. The molecular formula is C21H26N4O4S. The van der Waals surface area contributed by atoms with Gasteiger partial charge in [0.15, 0.2) is 0 Å². The quantitative estimate of drug-likeness (QED) is 0.753. The lowest BCUT2D eigenvalue weighted by molar-refractivity contribution is -0.120. The molecule has 0 spiro atoms. The third-order valence-electron chi connectivity index (χ3n) is 5.81. The number of fused-ring (bicyclic) bond motifs is 1. The normalized spacial score (nSPS) is 19.7. The minimum atomic E-state index is -3.76. The number of carbonyl (C=O) groups excluding carboxylic acids is 1. The summed E-state index contributed by atoms with van der Waals surface area (Å²) < 4.78 is 23.2. The van der Waals surface area contributed by atoms with Crippen LogP contribution in [0.2, 0.25) is 0 Å². The summed E-state index contributed by atoms with van der Waals surface area (Å²) in [5.41, 5.74) is 2.66. The van der Waals surface area contributed by atoms with E-state index < -0.39 is 10.0 Å². The number of primary sulfonamides is 1. The number of benzene rings is 2. The fourth-order valence-corrected chi connectivity index (χ4v) is 4.82. The third-order valence-corrected chi connectivity index (χ3v) is 6.72. The lowest BCUT2D eigenvalue weighted by Crippen LogP contribution is -2.51. The number of rotatable bonds is 4. The largest absolute Gasteiger partial charge is 0.508 e. The van der Waals surface area contributed by atoms with Crippen molar-refractivity contribution in [2.45, 2.75) is 24.3 Å². The molecule has 0 aliphatic carbocycles. The Labute approximate surface area is 176 Å². The zero-order valence-electron chi connectivity index (χ0n) is 16.9. The topological polar surface area (TPSA) is 107 Å². The molecule has 4 rings (SSSR count). The number of nitrogens with zero attached hydrogens (tertiary/aromatic N) is 3. The van der Waals surface area contributed by atoms with Gasteiger partial charge >= 0.3 is 0 Å². The number of piperazine rings is 1. The van der Waals surface area contributed by atoms with Gasteiger partial charge in [0.2, 0.25) is 15.9 Å². The highest BCUT2D eigenvalue weighted by Gasteiger charge is 2.33. The van der Waals surface area contributed by atoms with Gasteiger partial charge in [0, 0.05) is 43.6 Å². The minimum absolute atomic E-state index is 0.0164. The zero-order chi connectivity index (χ0) is 21.5. The van der Waals surface area contributed by atoms with E-state index in [4.69, 9.17) is 5.14 Å². The number of phenolic OH excluding ortho intramolecular Hbond substituents is 1. The Morgan fingerprint density at radius 1 is 1.10 bits per heavy atom. The van der Waals surface area contributed by atoms with Crippen LogP contribution in [0.25, 0.3) is 0 Å². The van der Waals surface area contributed by atoms with Gasteiger partial charge in [0.05, 0.1) is 11.4 Å². The molecule has 2 aromatic carbocycles. The first-order valence-electron chi connectivity index (χ1n) is 9.96. The van der Waals surface area contributed by atoms with Crippen molar-refractivity contribution >= 4 is 27.3 Å². The lowest BCUT2D eigenvalue weighted by Gasteiger charge is -2.36. The summed E-state index contributed by atoms with van der Waals surface area (Å²) in [6.07, 6.45) is 0.610. The number of sulfonamides is 1. The van der Waals surface area contributed by atoms with Gasteiger partial charge in [-0.05, 0) is 61.4 Å². The van der Waals surface area contributed by atoms with Crippen molar-refractivity contribution in [1.82, 2.24) is 4.90 Å². The molecule has 2 aromatic rings. The van der Waals surface area contributed by atoms with Crippen molar-refractivity contribution in [2.24, 2.45) is 5.14 Å². The van der Waals surface area contributed by atoms with Gasteiger partial charge in [-0.1, -0.05) is 0 Å². The van der Waals surface area contributed by atoms with Crippen LogP contribution in [0, 0.1) is 0 Å². The van der Waals surface area contributed by atoms with Crippen LogP contribution in [-0.4, -0.2) is 63.1 Å². The third kappa shape index (κ3) is 4.14. The molecule has 160 valence electrons. The van der Waals surface area contributed by atoms with Crippen LogP contribution in [0.1, 0.15) is 12.5 Å². The standard InChI is InChI=1S/C21H26N4O4S/c1-15-12-16-13-19(30(22,28)29)6-7-20(16)25(15)21(27)14-23-8-10-24(11-9-23)17-2-4-18(26)5-3-17/h2-7,13,15,26H,8-12,14H2,1H3,(H2,22,28,29). The van der Waals surface area contributed by atoms with Gasteiger partial charge in [0.1, 0.15) is 5.75 Å². The number of aromatic hydroxyl groups is 1. The Morgan fingerprint density at radius 3 is 2.40 bits per heavy atom. The van der Waals surface area contributed by atoms with Crippen molar-refractivity contribution in [2.75, 3.05) is 42.5 Å². The molecule has 0 saturated carbocycles. The zero-order valence-corrected chi connectivity index (χ0v) is 17.7. The molecule has 0 radical (unpaired) electrons. The van der Waals surface area contributed by atoms with Gasteiger partial charge in [0.25, 0.3) is 0 Å². The molecular weight excluding hydrogens is 404 g/mol. The molecule has 2 aliphatic rings. The average molecular weight is 431 g/mol. The fraction of sp³-hybridized carbons (Fsp3) is 0.381. The first-order valence-corrected chi connectivity index (χ1v) is 11.5. The van der Waals surface area contributed by atoms with E-state index in [0.717, 1.165) is 43.1 Å². The van der Waals surface area contributed by atoms with Crippen LogP contribution in [0.4, 0.5) is 11.4 Å². The molecule has 1 atom stereocenters. The predicted molar refractivity (Wildman–Crippen MR) is 115 cm³/mol. The van der Waals surface area contributed by atoms with E-state index >= 15 is 0 Å². The smallest absolute Gasteiger partial charge is 0.241 e. The van der Waals surface area contributed by atoms with Gasteiger partial charge in [-0.15, -0.1) is 0 Å². The van der Waals surface area contributed by atoms with Crippen molar-refractivity contribution in [3.63, 3.8) is 0 Å². The van der Waals surface area contributed by atoms with Crippen LogP contribution in [0.15, 0.2) is 47.4 Å². The van der Waals surface area contributed by atoms with Crippen molar-refractivity contribution in [3.05, 3.63) is 48.0 Å². The Bertz CT molecular complexity index is 1050. The second kappa shape index (κ2) is 7.90. The Balaban J connectivity index is 1.40. The molecule has 8 nitrogen and oxygen atoms in total. The van der Waals surface area contributed by atoms with Gasteiger partial charge in [-0.25, -0.2) is 13.6 Å². The molecule has 1 saturated heterocycles. The summed E-state index contributed by atoms with van der Waals surface area (Å²) in [6.45, 7) is 5.45. The maximum Gasteiger partial charge on any atom is 0.241 e. The summed E-state index contributed by atoms with van der Waals surface area (Å²) in [4.78, 5) is 19.3. The monoisotopic (exact) mass is 430 g/mol. The molecule has 0 aromatic heterocycles. The highest BCUT2D eigenvalue weighted by molar-refractivity contribution is 7.89. The fourth-order valence-electron chi connectivity index (χ4n) is 4.26. The second-order valence-corrected chi connectivity index (χ2v) is 9.49. The SMILES string of the molecule is CC1Cc2cc(S(N)(=O)=O)ccc2N1C(=O)CN1CCN(c2ccc(O)cc2)CC1. The maximum atomic E-state index is 13.1.